The van der Waals surface area contributed by atoms with Crippen LogP contribution in [-0.2, 0) is 19.1 Å². The minimum Gasteiger partial charge on any atom is -0.463 e. The Labute approximate surface area is 132 Å². The lowest BCUT2D eigenvalue weighted by atomic mass is 10.1. The number of carbonyl (C=O) groups excluding carboxylic acids is 2. The summed E-state index contributed by atoms with van der Waals surface area (Å²) in [5.41, 5.74) is 0. The average molecular weight is 318 g/mol. The Morgan fingerprint density at radius 3 is 1.36 bits per heavy atom. The molecule has 0 rings (SSSR count). The molecule has 0 aliphatic heterocycles. The molecular formula is C16H30O6. The summed E-state index contributed by atoms with van der Waals surface area (Å²) in [7, 11) is 0. The van der Waals surface area contributed by atoms with Gasteiger partial charge in [0, 0.05) is 12.8 Å². The molecule has 130 valence electrons. The van der Waals surface area contributed by atoms with Crippen LogP contribution in [0.4, 0.5) is 0 Å². The van der Waals surface area contributed by atoms with Gasteiger partial charge < -0.3 is 19.7 Å². The van der Waals surface area contributed by atoms with E-state index in [9.17, 15) is 9.59 Å². The number of hydrogen-bond donors (Lipinski definition) is 2. The standard InChI is InChI=1S/C16H30O6/c1-13(17)11-21-15(19)9-7-5-3-4-6-8-10-16(20)22-12-14(2)18/h13-14,17-18H,3-12H2,1-2H3. The number of rotatable bonds is 13. The molecule has 0 fully saturated rings. The molecule has 0 bridgehead atoms. The van der Waals surface area contributed by atoms with Crippen LogP contribution in [0.1, 0.15) is 65.2 Å². The van der Waals surface area contributed by atoms with Crippen molar-refractivity contribution in [3.63, 3.8) is 0 Å². The number of esters is 2. The second-order valence-corrected chi connectivity index (χ2v) is 5.69. The average Bonchev–Trinajstić information content (AvgIpc) is 2.45. The molecule has 0 amide bonds. The predicted molar refractivity (Wildman–Crippen MR) is 82.2 cm³/mol. The number of unbranched alkanes of at least 4 members (excludes halogenated alkanes) is 5. The van der Waals surface area contributed by atoms with Gasteiger partial charge in [-0.3, -0.25) is 9.59 Å². The van der Waals surface area contributed by atoms with Crippen LogP contribution in [0.3, 0.4) is 0 Å². The fourth-order valence-electron chi connectivity index (χ4n) is 1.82. The summed E-state index contributed by atoms with van der Waals surface area (Å²) in [5.74, 6) is -0.525. The Balaban J connectivity index is 3.30. The normalized spacial score (nSPS) is 13.5. The molecule has 2 unspecified atom stereocenters. The maximum Gasteiger partial charge on any atom is 0.305 e. The monoisotopic (exact) mass is 318 g/mol. The molecule has 6 nitrogen and oxygen atoms in total. The first-order chi connectivity index (χ1) is 10.4. The van der Waals surface area contributed by atoms with Crippen molar-refractivity contribution in [2.45, 2.75) is 77.4 Å². The molecule has 0 saturated carbocycles. The van der Waals surface area contributed by atoms with Gasteiger partial charge in [0.05, 0.1) is 12.2 Å². The summed E-state index contributed by atoms with van der Waals surface area (Å²) >= 11 is 0. The van der Waals surface area contributed by atoms with Crippen LogP contribution in [0.5, 0.6) is 0 Å². The van der Waals surface area contributed by atoms with Gasteiger partial charge in [-0.25, -0.2) is 0 Å². The molecule has 2 N–H and O–H groups in total. The number of aliphatic hydroxyl groups excluding tert-OH is 2. The van der Waals surface area contributed by atoms with Crippen molar-refractivity contribution in [1.29, 1.82) is 0 Å². The Morgan fingerprint density at radius 2 is 1.05 bits per heavy atom. The predicted octanol–water partition coefficient (Wildman–Crippen LogP) is 1.96. The fraction of sp³-hybridized carbons (Fsp3) is 0.875. The van der Waals surface area contributed by atoms with Gasteiger partial charge in [-0.05, 0) is 26.7 Å². The molecule has 2 atom stereocenters. The zero-order chi connectivity index (χ0) is 16.8. The van der Waals surface area contributed by atoms with E-state index in [0.29, 0.717) is 12.8 Å². The summed E-state index contributed by atoms with van der Waals surface area (Å²) in [4.78, 5) is 22.5. The van der Waals surface area contributed by atoms with Gasteiger partial charge >= 0.3 is 11.9 Å². The van der Waals surface area contributed by atoms with E-state index < -0.39 is 12.2 Å². The first-order valence-corrected chi connectivity index (χ1v) is 8.09. The van der Waals surface area contributed by atoms with E-state index in [1.807, 2.05) is 0 Å². The second kappa shape index (κ2) is 13.5. The molecule has 0 aromatic heterocycles. The summed E-state index contributed by atoms with van der Waals surface area (Å²) in [6.07, 6.45) is 5.07. The van der Waals surface area contributed by atoms with Crippen molar-refractivity contribution in [2.75, 3.05) is 13.2 Å². The van der Waals surface area contributed by atoms with Crippen LogP contribution in [0.15, 0.2) is 0 Å². The Morgan fingerprint density at radius 1 is 0.727 bits per heavy atom. The lowest BCUT2D eigenvalue weighted by Gasteiger charge is -2.07. The molecule has 0 aromatic carbocycles. The van der Waals surface area contributed by atoms with Gasteiger partial charge in [0.1, 0.15) is 13.2 Å². The van der Waals surface area contributed by atoms with Gasteiger partial charge in [0.25, 0.3) is 0 Å². The van der Waals surface area contributed by atoms with E-state index in [2.05, 4.69) is 0 Å². The van der Waals surface area contributed by atoms with Gasteiger partial charge in [-0.1, -0.05) is 25.7 Å². The SMILES string of the molecule is CC(O)COC(=O)CCCCCCCCC(=O)OCC(C)O. The Kier molecular flexibility index (Phi) is 12.8. The molecule has 0 spiro atoms. The smallest absolute Gasteiger partial charge is 0.305 e. The third-order valence-electron chi connectivity index (χ3n) is 2.98. The van der Waals surface area contributed by atoms with Crippen LogP contribution in [0.2, 0.25) is 0 Å². The van der Waals surface area contributed by atoms with E-state index in [1.54, 1.807) is 13.8 Å². The van der Waals surface area contributed by atoms with Crippen LogP contribution < -0.4 is 0 Å². The summed E-state index contributed by atoms with van der Waals surface area (Å²) in [6.45, 7) is 3.27. The number of aliphatic hydroxyl groups is 2. The van der Waals surface area contributed by atoms with E-state index in [4.69, 9.17) is 19.7 Å². The van der Waals surface area contributed by atoms with Gasteiger partial charge in [-0.2, -0.15) is 0 Å². The fourth-order valence-corrected chi connectivity index (χ4v) is 1.82. The summed E-state index contributed by atoms with van der Waals surface area (Å²) in [5, 5.41) is 17.9. The van der Waals surface area contributed by atoms with Crippen LogP contribution in [0, 0.1) is 0 Å². The first kappa shape index (κ1) is 20.9. The van der Waals surface area contributed by atoms with Crippen molar-refractivity contribution in [3.8, 4) is 0 Å². The minimum absolute atomic E-state index is 0.0595. The summed E-state index contributed by atoms with van der Waals surface area (Å²) < 4.78 is 9.71. The molecule has 22 heavy (non-hydrogen) atoms. The maximum absolute atomic E-state index is 11.3. The van der Waals surface area contributed by atoms with Crippen molar-refractivity contribution in [1.82, 2.24) is 0 Å². The third kappa shape index (κ3) is 15.3. The van der Waals surface area contributed by atoms with E-state index in [-0.39, 0.29) is 25.2 Å². The van der Waals surface area contributed by atoms with Gasteiger partial charge in [0.15, 0.2) is 0 Å². The van der Waals surface area contributed by atoms with Crippen LogP contribution in [0.25, 0.3) is 0 Å². The van der Waals surface area contributed by atoms with E-state index >= 15 is 0 Å². The Hall–Kier alpha value is -1.14. The second-order valence-electron chi connectivity index (χ2n) is 5.69. The molecule has 0 saturated heterocycles. The Bertz CT molecular complexity index is 271. The van der Waals surface area contributed by atoms with Crippen molar-refractivity contribution in [2.24, 2.45) is 0 Å². The largest absolute Gasteiger partial charge is 0.463 e. The lowest BCUT2D eigenvalue weighted by Crippen LogP contribution is -2.15. The first-order valence-electron chi connectivity index (χ1n) is 8.09. The molecule has 0 aromatic rings. The zero-order valence-corrected chi connectivity index (χ0v) is 13.8. The molecule has 0 aliphatic rings. The number of carbonyl (C=O) groups is 2. The highest BCUT2D eigenvalue weighted by atomic mass is 16.5. The third-order valence-corrected chi connectivity index (χ3v) is 2.98. The number of ether oxygens (including phenoxy) is 2. The van der Waals surface area contributed by atoms with Gasteiger partial charge in [-0.15, -0.1) is 0 Å². The highest BCUT2D eigenvalue weighted by molar-refractivity contribution is 5.69. The summed E-state index contributed by atoms with van der Waals surface area (Å²) in [6, 6.07) is 0. The van der Waals surface area contributed by atoms with E-state index in [1.165, 1.54) is 0 Å². The zero-order valence-electron chi connectivity index (χ0n) is 13.8. The topological polar surface area (TPSA) is 93.1 Å². The lowest BCUT2D eigenvalue weighted by molar-refractivity contribution is -0.147. The highest BCUT2D eigenvalue weighted by Gasteiger charge is 2.06. The molecule has 0 heterocycles. The van der Waals surface area contributed by atoms with Gasteiger partial charge in [0.2, 0.25) is 0 Å². The number of hydrogen-bond acceptors (Lipinski definition) is 6. The minimum atomic E-state index is -0.615. The highest BCUT2D eigenvalue weighted by Crippen LogP contribution is 2.09. The van der Waals surface area contributed by atoms with Crippen molar-refractivity contribution < 1.29 is 29.3 Å². The van der Waals surface area contributed by atoms with Crippen molar-refractivity contribution in [3.05, 3.63) is 0 Å². The van der Waals surface area contributed by atoms with Crippen LogP contribution >= 0.6 is 0 Å². The maximum atomic E-state index is 11.3. The van der Waals surface area contributed by atoms with Crippen LogP contribution in [-0.4, -0.2) is 47.6 Å². The molecule has 6 heteroatoms. The molecule has 0 radical (unpaired) electrons. The molecule has 0 aliphatic carbocycles. The van der Waals surface area contributed by atoms with Crippen molar-refractivity contribution >= 4 is 11.9 Å². The quantitative estimate of drug-likeness (QED) is 0.398. The van der Waals surface area contributed by atoms with E-state index in [0.717, 1.165) is 38.5 Å². The molecular weight excluding hydrogens is 288 g/mol.